The van der Waals surface area contributed by atoms with Gasteiger partial charge in [0, 0.05) is 5.56 Å². The van der Waals surface area contributed by atoms with Crippen molar-refractivity contribution in [1.82, 2.24) is 0 Å². The van der Waals surface area contributed by atoms with E-state index in [1.807, 2.05) is 0 Å². The molecule has 1 N–H and O–H groups in total. The predicted molar refractivity (Wildman–Crippen MR) is 65.4 cm³/mol. The molecule has 17 heavy (non-hydrogen) atoms. The van der Waals surface area contributed by atoms with Crippen LogP contribution in [-0.2, 0) is 9.53 Å². The second kappa shape index (κ2) is 6.00. The minimum Gasteiger partial charge on any atom is -0.464 e. The lowest BCUT2D eigenvalue weighted by Gasteiger charge is -2.02. The third kappa shape index (κ3) is 3.88. The molecule has 0 saturated heterocycles. The maximum atomic E-state index is 11.0. The summed E-state index contributed by atoms with van der Waals surface area (Å²) in [5, 5.41) is 3.31. The van der Waals surface area contributed by atoms with E-state index >= 15 is 0 Å². The number of hydrazone groups is 1. The van der Waals surface area contributed by atoms with Crippen molar-refractivity contribution in [2.24, 2.45) is 5.10 Å². The van der Waals surface area contributed by atoms with Gasteiger partial charge in [0.05, 0.1) is 12.8 Å². The lowest BCUT2D eigenvalue weighted by Crippen LogP contribution is -2.11. The minimum absolute atomic E-state index is 0.0207. The van der Waals surface area contributed by atoms with Crippen LogP contribution in [0.1, 0.15) is 17.3 Å². The van der Waals surface area contributed by atoms with Gasteiger partial charge in [0.25, 0.3) is 0 Å². The zero-order valence-electron chi connectivity index (χ0n) is 9.36. The van der Waals surface area contributed by atoms with Gasteiger partial charge in [0.2, 0.25) is 5.17 Å². The summed E-state index contributed by atoms with van der Waals surface area (Å²) in [7, 11) is 1.21. The van der Waals surface area contributed by atoms with Gasteiger partial charge < -0.3 is 4.74 Å². The number of rotatable bonds is 4. The quantitative estimate of drug-likeness (QED) is 0.386. The van der Waals surface area contributed by atoms with Crippen LogP contribution in [0.5, 0.6) is 0 Å². The molecule has 0 aliphatic heterocycles. The molecule has 0 unspecified atom stereocenters. The van der Waals surface area contributed by atoms with Gasteiger partial charge in [0.1, 0.15) is 0 Å². The number of carbonyl (C=O) groups is 2. The van der Waals surface area contributed by atoms with Gasteiger partial charge >= 0.3 is 5.97 Å². The lowest BCUT2D eigenvalue weighted by atomic mass is 10.1. The Labute approximate surface area is 103 Å². The van der Waals surface area contributed by atoms with Crippen LogP contribution in [0.15, 0.2) is 29.4 Å². The highest BCUT2D eigenvalue weighted by Gasteiger charge is 2.07. The molecule has 1 rings (SSSR count). The Morgan fingerprint density at radius 1 is 1.29 bits per heavy atom. The van der Waals surface area contributed by atoms with Gasteiger partial charge in [-0.2, -0.15) is 5.10 Å². The molecule has 0 heterocycles. The van der Waals surface area contributed by atoms with Crippen LogP contribution < -0.4 is 5.43 Å². The number of nitrogens with one attached hydrogen (secondary N) is 1. The summed E-state index contributed by atoms with van der Waals surface area (Å²) < 4.78 is 4.36. The molecule has 0 fully saturated rings. The van der Waals surface area contributed by atoms with E-state index < -0.39 is 5.97 Å². The van der Waals surface area contributed by atoms with E-state index in [9.17, 15) is 9.59 Å². The number of Topliss-reactive ketones (excluding diaryl/α,β-unsaturated/α-hetero) is 1. The second-order valence-electron chi connectivity index (χ2n) is 3.14. The van der Waals surface area contributed by atoms with Crippen molar-refractivity contribution >= 4 is 34.2 Å². The predicted octanol–water partition coefficient (Wildman–Crippen LogP) is 2.03. The highest BCUT2D eigenvalue weighted by atomic mass is 35.5. The fourth-order valence-electron chi connectivity index (χ4n) is 1.02. The molecule has 0 aliphatic carbocycles. The number of hydrogen-bond acceptors (Lipinski definition) is 5. The van der Waals surface area contributed by atoms with Crippen LogP contribution in [0.25, 0.3) is 0 Å². The molecule has 0 atom stereocenters. The third-order valence-corrected chi connectivity index (χ3v) is 2.17. The smallest absolute Gasteiger partial charge is 0.370 e. The highest BCUT2D eigenvalue weighted by Crippen LogP contribution is 2.10. The van der Waals surface area contributed by atoms with Crippen LogP contribution in [0.2, 0.25) is 0 Å². The first kappa shape index (κ1) is 13.2. The number of carbonyl (C=O) groups excluding carboxylic acids is 2. The van der Waals surface area contributed by atoms with E-state index in [-0.39, 0.29) is 11.0 Å². The third-order valence-electron chi connectivity index (χ3n) is 1.93. The molecule has 1 aromatic rings. The van der Waals surface area contributed by atoms with Crippen molar-refractivity contribution in [2.45, 2.75) is 6.92 Å². The van der Waals surface area contributed by atoms with Gasteiger partial charge in [-0.25, -0.2) is 4.79 Å². The van der Waals surface area contributed by atoms with Crippen LogP contribution in [-0.4, -0.2) is 24.0 Å². The Morgan fingerprint density at radius 3 is 2.35 bits per heavy atom. The fraction of sp³-hybridized carbons (Fsp3) is 0.182. The largest absolute Gasteiger partial charge is 0.464 e. The molecule has 6 heteroatoms. The number of nitrogens with zero attached hydrogens (tertiary/aromatic N) is 1. The number of ether oxygens (including phenoxy) is 1. The first-order valence-corrected chi connectivity index (χ1v) is 5.11. The van der Waals surface area contributed by atoms with E-state index in [0.717, 1.165) is 0 Å². The minimum atomic E-state index is -0.723. The van der Waals surface area contributed by atoms with Crippen molar-refractivity contribution in [3.05, 3.63) is 29.8 Å². The average Bonchev–Trinajstić information content (AvgIpc) is 2.35. The molecular formula is C11H11ClN2O3. The topological polar surface area (TPSA) is 67.8 Å². The highest BCUT2D eigenvalue weighted by molar-refractivity contribution is 6.82. The van der Waals surface area contributed by atoms with E-state index in [1.54, 1.807) is 24.3 Å². The van der Waals surface area contributed by atoms with Crippen molar-refractivity contribution in [2.75, 3.05) is 12.5 Å². The Morgan fingerprint density at radius 2 is 1.88 bits per heavy atom. The Balaban J connectivity index is 2.70. The van der Waals surface area contributed by atoms with Crippen LogP contribution >= 0.6 is 11.6 Å². The molecule has 0 bridgehead atoms. The summed E-state index contributed by atoms with van der Waals surface area (Å²) >= 11 is 5.52. The SMILES string of the molecule is COC(=O)/C(Cl)=N/Nc1ccc(C(C)=O)cc1. The summed E-state index contributed by atoms with van der Waals surface area (Å²) in [4.78, 5) is 21.9. The monoisotopic (exact) mass is 254 g/mol. The molecule has 1 aromatic carbocycles. The maximum Gasteiger partial charge on any atom is 0.370 e. The average molecular weight is 255 g/mol. The summed E-state index contributed by atoms with van der Waals surface area (Å²) in [6.45, 7) is 1.48. The molecular weight excluding hydrogens is 244 g/mol. The van der Waals surface area contributed by atoms with Gasteiger partial charge in [-0.05, 0) is 31.2 Å². The van der Waals surface area contributed by atoms with Crippen molar-refractivity contribution < 1.29 is 14.3 Å². The number of methoxy groups -OCH3 is 1. The van der Waals surface area contributed by atoms with E-state index in [4.69, 9.17) is 11.6 Å². The number of ketones is 1. The first-order valence-electron chi connectivity index (χ1n) is 4.73. The molecule has 0 aromatic heterocycles. The van der Waals surface area contributed by atoms with Crippen LogP contribution in [0, 0.1) is 0 Å². The van der Waals surface area contributed by atoms with Crippen molar-refractivity contribution in [1.29, 1.82) is 0 Å². The van der Waals surface area contributed by atoms with Gasteiger partial charge in [-0.1, -0.05) is 11.6 Å². The number of hydrogen-bond donors (Lipinski definition) is 1. The number of esters is 1. The van der Waals surface area contributed by atoms with Crippen molar-refractivity contribution in [3.8, 4) is 0 Å². The molecule has 0 saturated carbocycles. The van der Waals surface area contributed by atoms with Crippen molar-refractivity contribution in [3.63, 3.8) is 0 Å². The second-order valence-corrected chi connectivity index (χ2v) is 3.50. The molecule has 5 nitrogen and oxygen atoms in total. The summed E-state index contributed by atoms with van der Waals surface area (Å²) in [5.74, 6) is -0.743. The zero-order chi connectivity index (χ0) is 12.8. The number of benzene rings is 1. The first-order chi connectivity index (χ1) is 8.04. The molecule has 0 amide bonds. The lowest BCUT2D eigenvalue weighted by molar-refractivity contribution is -0.132. The van der Waals surface area contributed by atoms with Gasteiger partial charge in [0.15, 0.2) is 5.78 Å². The fourth-order valence-corrected chi connectivity index (χ4v) is 1.14. The Kier molecular flexibility index (Phi) is 4.66. The Hall–Kier alpha value is -1.88. The zero-order valence-corrected chi connectivity index (χ0v) is 10.1. The van der Waals surface area contributed by atoms with E-state index in [2.05, 4.69) is 15.3 Å². The van der Waals surface area contributed by atoms with Gasteiger partial charge in [-0.3, -0.25) is 10.2 Å². The van der Waals surface area contributed by atoms with Crippen LogP contribution in [0.3, 0.4) is 0 Å². The number of halogens is 1. The normalized spacial score (nSPS) is 10.9. The molecule has 0 radical (unpaired) electrons. The number of anilines is 1. The molecule has 0 aliphatic rings. The van der Waals surface area contributed by atoms with E-state index in [1.165, 1.54) is 14.0 Å². The summed E-state index contributed by atoms with van der Waals surface area (Å²) in [6, 6.07) is 6.60. The summed E-state index contributed by atoms with van der Waals surface area (Å²) in [5.41, 5.74) is 3.77. The van der Waals surface area contributed by atoms with Gasteiger partial charge in [-0.15, -0.1) is 0 Å². The van der Waals surface area contributed by atoms with E-state index in [0.29, 0.717) is 11.3 Å². The standard InChI is InChI=1S/C11H11ClN2O3/c1-7(15)8-3-5-9(6-4-8)13-14-10(12)11(16)17-2/h3-6,13H,1-2H3/b14-10-. The molecule has 90 valence electrons. The molecule has 0 spiro atoms. The maximum absolute atomic E-state index is 11.0. The van der Waals surface area contributed by atoms with Crippen LogP contribution in [0.4, 0.5) is 5.69 Å². The Bertz CT molecular complexity index is 454. The summed E-state index contributed by atoms with van der Waals surface area (Å²) in [6.07, 6.45) is 0.